The fourth-order valence-electron chi connectivity index (χ4n) is 1.37. The maximum Gasteiger partial charge on any atom is 0.248 e. The van der Waals surface area contributed by atoms with Crippen molar-refractivity contribution in [3.63, 3.8) is 0 Å². The van der Waals surface area contributed by atoms with Crippen molar-refractivity contribution in [2.45, 2.75) is 12.1 Å². The van der Waals surface area contributed by atoms with Crippen LogP contribution in [-0.2, 0) is 4.79 Å². The van der Waals surface area contributed by atoms with Gasteiger partial charge in [-0.25, -0.2) is 15.0 Å². The minimum atomic E-state index is -0.204. The number of nitrogens with zero attached hydrogens (tertiary/aromatic N) is 3. The molecule has 0 saturated heterocycles. The molecule has 0 atom stereocenters. The zero-order valence-electron chi connectivity index (χ0n) is 10.8. The average molecular weight is 290 g/mol. The zero-order chi connectivity index (χ0) is 14.4. The molecule has 2 aromatic heterocycles. The number of carbonyl (C=O) groups excluding carboxylic acids is 1. The number of rotatable bonds is 5. The summed E-state index contributed by atoms with van der Waals surface area (Å²) in [6, 6.07) is 7.03. The highest BCUT2D eigenvalue weighted by Gasteiger charge is 2.06. The molecule has 4 N–H and O–H groups in total. The van der Waals surface area contributed by atoms with E-state index in [1.807, 2.05) is 13.0 Å². The number of thioether (sulfide) groups is 1. The third kappa shape index (κ3) is 4.39. The van der Waals surface area contributed by atoms with E-state index in [1.165, 1.54) is 11.8 Å². The summed E-state index contributed by atoms with van der Waals surface area (Å²) >= 11 is 1.22. The molecule has 0 saturated carbocycles. The molecule has 0 aliphatic rings. The molecule has 0 aliphatic heterocycles. The second kappa shape index (κ2) is 6.71. The predicted molar refractivity (Wildman–Crippen MR) is 77.9 cm³/mol. The van der Waals surface area contributed by atoms with Crippen LogP contribution in [0.5, 0.6) is 0 Å². The number of anilines is 2. The largest absolute Gasteiger partial charge is 0.384 e. The second-order valence-corrected chi connectivity index (χ2v) is 4.84. The fourth-order valence-corrected chi connectivity index (χ4v) is 2.08. The molecule has 2 heterocycles. The molecule has 2 aromatic rings. The molecule has 0 unspecified atom stereocenters. The van der Waals surface area contributed by atoms with Gasteiger partial charge < -0.3 is 5.73 Å². The molecule has 0 aromatic carbocycles. The minimum Gasteiger partial charge on any atom is -0.384 e. The van der Waals surface area contributed by atoms with Gasteiger partial charge in [0, 0.05) is 18.0 Å². The van der Waals surface area contributed by atoms with E-state index in [2.05, 4.69) is 25.8 Å². The number of hydrazine groups is 1. The van der Waals surface area contributed by atoms with Crippen molar-refractivity contribution < 1.29 is 4.79 Å². The van der Waals surface area contributed by atoms with E-state index < -0.39 is 0 Å². The molecule has 0 aliphatic carbocycles. The third-order valence-corrected chi connectivity index (χ3v) is 3.03. The van der Waals surface area contributed by atoms with Gasteiger partial charge in [0.2, 0.25) is 5.91 Å². The molecule has 20 heavy (non-hydrogen) atoms. The Hall–Kier alpha value is -2.35. The number of hydrogen-bond donors (Lipinski definition) is 3. The predicted octanol–water partition coefficient (Wildman–Crippen LogP) is 0.998. The molecular weight excluding hydrogens is 276 g/mol. The Labute approximate surface area is 120 Å². The standard InChI is InChI=1S/C12H14N6OS/c1-8-6-9(13)16-12(15-8)20-7-11(19)18-17-10-4-2-3-5-14-10/h2-6H,7H2,1H3,(H,14,17)(H,18,19)(H2,13,15,16). The lowest BCUT2D eigenvalue weighted by Gasteiger charge is -2.07. The van der Waals surface area contributed by atoms with E-state index in [0.717, 1.165) is 5.69 Å². The lowest BCUT2D eigenvalue weighted by atomic mass is 10.4. The van der Waals surface area contributed by atoms with Gasteiger partial charge in [0.05, 0.1) is 5.75 Å². The van der Waals surface area contributed by atoms with Crippen molar-refractivity contribution in [3.05, 3.63) is 36.2 Å². The first-order chi connectivity index (χ1) is 9.63. The van der Waals surface area contributed by atoms with Gasteiger partial charge in [-0.2, -0.15) is 0 Å². The summed E-state index contributed by atoms with van der Waals surface area (Å²) in [7, 11) is 0. The van der Waals surface area contributed by atoms with Gasteiger partial charge >= 0.3 is 0 Å². The van der Waals surface area contributed by atoms with Crippen LogP contribution in [0.25, 0.3) is 0 Å². The highest BCUT2D eigenvalue weighted by molar-refractivity contribution is 7.99. The number of amides is 1. The first-order valence-electron chi connectivity index (χ1n) is 5.83. The Morgan fingerprint density at radius 1 is 1.40 bits per heavy atom. The Morgan fingerprint density at radius 2 is 2.25 bits per heavy atom. The first-order valence-corrected chi connectivity index (χ1v) is 6.82. The van der Waals surface area contributed by atoms with E-state index in [4.69, 9.17) is 5.73 Å². The van der Waals surface area contributed by atoms with E-state index in [0.29, 0.717) is 16.8 Å². The van der Waals surface area contributed by atoms with Gasteiger partial charge in [-0.15, -0.1) is 0 Å². The van der Waals surface area contributed by atoms with Gasteiger partial charge in [0.1, 0.15) is 11.6 Å². The number of pyridine rings is 1. The third-order valence-electron chi connectivity index (χ3n) is 2.18. The van der Waals surface area contributed by atoms with Crippen molar-refractivity contribution in [1.82, 2.24) is 20.4 Å². The quantitative estimate of drug-likeness (QED) is 0.428. The summed E-state index contributed by atoms with van der Waals surface area (Å²) < 4.78 is 0. The maximum atomic E-state index is 11.7. The highest BCUT2D eigenvalue weighted by Crippen LogP contribution is 2.14. The topological polar surface area (TPSA) is 106 Å². The molecule has 0 fully saturated rings. The van der Waals surface area contributed by atoms with Crippen LogP contribution in [0.1, 0.15) is 5.69 Å². The van der Waals surface area contributed by atoms with Crippen LogP contribution in [-0.4, -0.2) is 26.6 Å². The smallest absolute Gasteiger partial charge is 0.248 e. The molecule has 0 radical (unpaired) electrons. The van der Waals surface area contributed by atoms with Crippen molar-refractivity contribution in [2.24, 2.45) is 0 Å². The summed E-state index contributed by atoms with van der Waals surface area (Å²) in [6.07, 6.45) is 1.63. The molecular formula is C12H14N6OS. The van der Waals surface area contributed by atoms with E-state index in [1.54, 1.807) is 24.4 Å². The monoisotopic (exact) mass is 290 g/mol. The Bertz CT molecular complexity index is 572. The van der Waals surface area contributed by atoms with Crippen molar-refractivity contribution >= 4 is 29.3 Å². The normalized spacial score (nSPS) is 10.1. The summed E-state index contributed by atoms with van der Waals surface area (Å²) in [5.41, 5.74) is 11.6. The van der Waals surface area contributed by atoms with Crippen LogP contribution in [0.4, 0.5) is 11.6 Å². The number of hydrogen-bond acceptors (Lipinski definition) is 7. The van der Waals surface area contributed by atoms with Crippen LogP contribution in [0.3, 0.4) is 0 Å². The van der Waals surface area contributed by atoms with Crippen LogP contribution in [0.2, 0.25) is 0 Å². The maximum absolute atomic E-state index is 11.7. The lowest BCUT2D eigenvalue weighted by Crippen LogP contribution is -2.31. The number of nitrogen functional groups attached to an aromatic ring is 1. The molecule has 1 amide bonds. The van der Waals surface area contributed by atoms with Gasteiger partial charge in [-0.3, -0.25) is 15.6 Å². The van der Waals surface area contributed by atoms with Crippen LogP contribution < -0.4 is 16.6 Å². The Kier molecular flexibility index (Phi) is 4.72. The summed E-state index contributed by atoms with van der Waals surface area (Å²) in [6.45, 7) is 1.82. The van der Waals surface area contributed by atoms with Crippen molar-refractivity contribution in [2.75, 3.05) is 16.9 Å². The van der Waals surface area contributed by atoms with Gasteiger partial charge in [0.25, 0.3) is 0 Å². The fraction of sp³-hybridized carbons (Fsp3) is 0.167. The van der Waals surface area contributed by atoms with E-state index in [9.17, 15) is 4.79 Å². The Morgan fingerprint density at radius 3 is 2.95 bits per heavy atom. The van der Waals surface area contributed by atoms with Gasteiger partial charge in [0.15, 0.2) is 5.16 Å². The molecule has 8 heteroatoms. The SMILES string of the molecule is Cc1cc(N)nc(SCC(=O)NNc2ccccn2)n1. The summed E-state index contributed by atoms with van der Waals surface area (Å²) in [5.74, 6) is 0.946. The highest BCUT2D eigenvalue weighted by atomic mass is 32.2. The summed E-state index contributed by atoms with van der Waals surface area (Å²) in [4.78, 5) is 23.9. The van der Waals surface area contributed by atoms with Crippen LogP contribution in [0.15, 0.2) is 35.6 Å². The average Bonchev–Trinajstić information content (AvgIpc) is 2.43. The second-order valence-electron chi connectivity index (χ2n) is 3.89. The van der Waals surface area contributed by atoms with Crippen molar-refractivity contribution in [3.8, 4) is 0 Å². The molecule has 104 valence electrons. The van der Waals surface area contributed by atoms with Gasteiger partial charge in [-0.05, 0) is 19.1 Å². The van der Waals surface area contributed by atoms with E-state index in [-0.39, 0.29) is 11.7 Å². The molecule has 0 bridgehead atoms. The number of aryl methyl sites for hydroxylation is 1. The summed E-state index contributed by atoms with van der Waals surface area (Å²) in [5, 5.41) is 0.482. The Balaban J connectivity index is 1.80. The first kappa shape index (κ1) is 14.1. The number of aromatic nitrogens is 3. The number of nitrogens with one attached hydrogen (secondary N) is 2. The zero-order valence-corrected chi connectivity index (χ0v) is 11.6. The molecule has 7 nitrogen and oxygen atoms in total. The van der Waals surface area contributed by atoms with Crippen LogP contribution in [0, 0.1) is 6.92 Å². The number of nitrogens with two attached hydrogens (primary N) is 1. The minimum absolute atomic E-state index is 0.183. The van der Waals surface area contributed by atoms with Crippen LogP contribution >= 0.6 is 11.8 Å². The van der Waals surface area contributed by atoms with Crippen molar-refractivity contribution in [1.29, 1.82) is 0 Å². The lowest BCUT2D eigenvalue weighted by molar-refractivity contribution is -0.118. The number of carbonyl (C=O) groups is 1. The van der Waals surface area contributed by atoms with E-state index >= 15 is 0 Å². The molecule has 2 rings (SSSR count). The van der Waals surface area contributed by atoms with Gasteiger partial charge in [-0.1, -0.05) is 17.8 Å². The molecule has 0 spiro atoms.